The van der Waals surface area contributed by atoms with E-state index in [1.807, 2.05) is 39.0 Å². The van der Waals surface area contributed by atoms with Gasteiger partial charge < -0.3 is 14.8 Å². The molecule has 1 aromatic heterocycles. The van der Waals surface area contributed by atoms with Crippen LogP contribution in [-0.2, 0) is 4.79 Å². The van der Waals surface area contributed by atoms with E-state index in [1.165, 1.54) is 23.9 Å². The summed E-state index contributed by atoms with van der Waals surface area (Å²) in [6.45, 7) is 7.38. The molecule has 3 aromatic rings. The van der Waals surface area contributed by atoms with Gasteiger partial charge in [-0.3, -0.25) is 9.59 Å². The molecule has 8 heteroatoms. The van der Waals surface area contributed by atoms with E-state index >= 15 is 0 Å². The summed E-state index contributed by atoms with van der Waals surface area (Å²) in [7, 11) is 1.50. The number of ether oxygens (including phenoxy) is 2. The number of nitrogens with zero attached hydrogens (tertiary/aromatic N) is 2. The first-order valence-electron chi connectivity index (χ1n) is 9.69. The largest absolute Gasteiger partial charge is 0.495 e. The molecule has 0 unspecified atom stereocenters. The number of nitrogens with one attached hydrogen (secondary N) is 1. The van der Waals surface area contributed by atoms with Crippen LogP contribution in [0.25, 0.3) is 5.69 Å². The van der Waals surface area contributed by atoms with Gasteiger partial charge in [-0.15, -0.1) is 5.10 Å². The Morgan fingerprint density at radius 3 is 2.48 bits per heavy atom. The number of aryl methyl sites for hydroxylation is 3. The first-order valence-corrected chi connectivity index (χ1v) is 10.1. The van der Waals surface area contributed by atoms with Crippen molar-refractivity contribution in [3.63, 3.8) is 0 Å². The van der Waals surface area contributed by atoms with Crippen molar-refractivity contribution in [3.05, 3.63) is 74.5 Å². The van der Waals surface area contributed by atoms with Crippen LogP contribution in [0.2, 0.25) is 5.02 Å². The SMILES string of the molecule is COc1cc(Cl)c(C)cc1NC(=O)[C@H](C)Oc1ccc(=O)n(-c2ccc(C)c(C)c2)n1. The molecule has 1 N–H and O–H groups in total. The van der Waals surface area contributed by atoms with Gasteiger partial charge in [-0.25, -0.2) is 0 Å². The molecule has 0 radical (unpaired) electrons. The molecule has 162 valence electrons. The first kappa shape index (κ1) is 22.4. The fraction of sp³-hybridized carbons (Fsp3) is 0.261. The van der Waals surface area contributed by atoms with E-state index in [4.69, 9.17) is 21.1 Å². The van der Waals surface area contributed by atoms with Crippen LogP contribution in [0, 0.1) is 20.8 Å². The third-order valence-electron chi connectivity index (χ3n) is 4.92. The zero-order valence-corrected chi connectivity index (χ0v) is 18.8. The van der Waals surface area contributed by atoms with Gasteiger partial charge >= 0.3 is 0 Å². The van der Waals surface area contributed by atoms with E-state index in [2.05, 4.69) is 10.4 Å². The zero-order chi connectivity index (χ0) is 22.7. The molecule has 1 heterocycles. The molecule has 1 atom stereocenters. The Morgan fingerprint density at radius 1 is 1.06 bits per heavy atom. The number of carbonyl (C=O) groups is 1. The number of aromatic nitrogens is 2. The number of hydrogen-bond donors (Lipinski definition) is 1. The predicted octanol–water partition coefficient (Wildman–Crippen LogP) is 4.23. The van der Waals surface area contributed by atoms with Crippen LogP contribution < -0.4 is 20.3 Å². The van der Waals surface area contributed by atoms with E-state index in [0.717, 1.165) is 16.7 Å². The van der Waals surface area contributed by atoms with Crippen molar-refractivity contribution in [3.8, 4) is 17.3 Å². The highest BCUT2D eigenvalue weighted by atomic mass is 35.5. The number of carbonyl (C=O) groups excluding carboxylic acids is 1. The van der Waals surface area contributed by atoms with Gasteiger partial charge in [0.25, 0.3) is 11.5 Å². The van der Waals surface area contributed by atoms with Crippen molar-refractivity contribution in [1.29, 1.82) is 0 Å². The monoisotopic (exact) mass is 441 g/mol. The third-order valence-corrected chi connectivity index (χ3v) is 5.32. The molecule has 7 nitrogen and oxygen atoms in total. The predicted molar refractivity (Wildman–Crippen MR) is 121 cm³/mol. The molecule has 3 rings (SSSR count). The van der Waals surface area contributed by atoms with Crippen molar-refractivity contribution in [1.82, 2.24) is 9.78 Å². The summed E-state index contributed by atoms with van der Waals surface area (Å²) in [4.78, 5) is 25.0. The molecule has 0 aliphatic carbocycles. The Labute approximate surface area is 185 Å². The van der Waals surface area contributed by atoms with Crippen molar-refractivity contribution in [2.24, 2.45) is 0 Å². The lowest BCUT2D eigenvalue weighted by atomic mass is 10.1. The van der Waals surface area contributed by atoms with Gasteiger partial charge in [0.15, 0.2) is 6.10 Å². The summed E-state index contributed by atoms with van der Waals surface area (Å²) in [5.74, 6) is 0.197. The fourth-order valence-electron chi connectivity index (χ4n) is 2.90. The lowest BCUT2D eigenvalue weighted by molar-refractivity contribution is -0.122. The van der Waals surface area contributed by atoms with Crippen molar-refractivity contribution >= 4 is 23.2 Å². The minimum Gasteiger partial charge on any atom is -0.495 e. The molecule has 0 bridgehead atoms. The van der Waals surface area contributed by atoms with E-state index in [9.17, 15) is 9.59 Å². The van der Waals surface area contributed by atoms with Crippen LogP contribution >= 0.6 is 11.6 Å². The second-order valence-electron chi connectivity index (χ2n) is 7.24. The highest BCUT2D eigenvalue weighted by molar-refractivity contribution is 6.31. The standard InChI is InChI=1S/C23H24ClN3O4/c1-13-6-7-17(10-14(13)2)27-22(28)9-8-21(26-27)31-16(4)23(29)25-19-11-15(3)18(24)12-20(19)30-5/h6-12,16H,1-5H3,(H,25,29)/t16-/m0/s1. The van der Waals surface area contributed by atoms with Gasteiger partial charge in [0.1, 0.15) is 5.75 Å². The summed E-state index contributed by atoms with van der Waals surface area (Å²) in [5, 5.41) is 7.58. The summed E-state index contributed by atoms with van der Waals surface area (Å²) in [6, 6.07) is 11.8. The van der Waals surface area contributed by atoms with Crippen molar-refractivity contribution in [2.45, 2.75) is 33.8 Å². The number of benzene rings is 2. The summed E-state index contributed by atoms with van der Waals surface area (Å²) in [6.07, 6.45) is -0.876. The fourth-order valence-corrected chi connectivity index (χ4v) is 3.05. The molecule has 0 aliphatic heterocycles. The van der Waals surface area contributed by atoms with Crippen LogP contribution in [0.4, 0.5) is 5.69 Å². The molecule has 0 spiro atoms. The van der Waals surface area contributed by atoms with E-state index in [0.29, 0.717) is 22.1 Å². The normalized spacial score (nSPS) is 11.7. The quantitative estimate of drug-likeness (QED) is 0.619. The number of amides is 1. The van der Waals surface area contributed by atoms with E-state index < -0.39 is 12.0 Å². The highest BCUT2D eigenvalue weighted by Gasteiger charge is 2.19. The molecule has 1 amide bonds. The number of rotatable bonds is 6. The average Bonchev–Trinajstić information content (AvgIpc) is 2.73. The topological polar surface area (TPSA) is 82.5 Å². The Bertz CT molecular complexity index is 1190. The Morgan fingerprint density at radius 2 is 1.81 bits per heavy atom. The Balaban J connectivity index is 1.80. The zero-order valence-electron chi connectivity index (χ0n) is 18.0. The van der Waals surface area contributed by atoms with Crippen molar-refractivity contribution < 1.29 is 14.3 Å². The minimum absolute atomic E-state index is 0.153. The molecular formula is C23H24ClN3O4. The highest BCUT2D eigenvalue weighted by Crippen LogP contribution is 2.31. The third kappa shape index (κ3) is 5.06. The molecule has 0 saturated heterocycles. The molecule has 0 aliphatic rings. The Kier molecular flexibility index (Phi) is 6.65. The van der Waals surface area contributed by atoms with Gasteiger partial charge in [-0.2, -0.15) is 4.68 Å². The molecule has 31 heavy (non-hydrogen) atoms. The van der Waals surface area contributed by atoms with Crippen molar-refractivity contribution in [2.75, 3.05) is 12.4 Å². The van der Waals surface area contributed by atoms with Crippen LogP contribution in [0.3, 0.4) is 0 Å². The van der Waals surface area contributed by atoms with E-state index in [1.54, 1.807) is 19.1 Å². The number of hydrogen-bond acceptors (Lipinski definition) is 5. The second-order valence-corrected chi connectivity index (χ2v) is 7.65. The van der Waals surface area contributed by atoms with Crippen LogP contribution in [0.5, 0.6) is 11.6 Å². The maximum Gasteiger partial charge on any atom is 0.271 e. The number of methoxy groups -OCH3 is 1. The van der Waals surface area contributed by atoms with Crippen LogP contribution in [-0.4, -0.2) is 28.9 Å². The lowest BCUT2D eigenvalue weighted by Gasteiger charge is -2.17. The van der Waals surface area contributed by atoms with Gasteiger partial charge in [-0.05, 0) is 62.6 Å². The maximum atomic E-state index is 12.7. The minimum atomic E-state index is -0.876. The number of halogens is 1. The summed E-state index contributed by atoms with van der Waals surface area (Å²) in [5.41, 5.74) is 3.76. The molecular weight excluding hydrogens is 418 g/mol. The average molecular weight is 442 g/mol. The number of anilines is 1. The lowest BCUT2D eigenvalue weighted by Crippen LogP contribution is -2.31. The Hall–Kier alpha value is -3.32. The van der Waals surface area contributed by atoms with Gasteiger partial charge in [0, 0.05) is 23.2 Å². The van der Waals surface area contributed by atoms with Gasteiger partial charge in [-0.1, -0.05) is 17.7 Å². The molecule has 0 saturated carbocycles. The van der Waals surface area contributed by atoms with Gasteiger partial charge in [0.2, 0.25) is 5.88 Å². The first-order chi connectivity index (χ1) is 14.7. The smallest absolute Gasteiger partial charge is 0.271 e. The molecule has 0 fully saturated rings. The molecule has 2 aromatic carbocycles. The summed E-state index contributed by atoms with van der Waals surface area (Å²) < 4.78 is 12.2. The van der Waals surface area contributed by atoms with Crippen LogP contribution in [0.15, 0.2) is 47.3 Å². The van der Waals surface area contributed by atoms with E-state index in [-0.39, 0.29) is 11.4 Å². The van der Waals surface area contributed by atoms with Gasteiger partial charge in [0.05, 0.1) is 18.5 Å². The van der Waals surface area contributed by atoms with Crippen LogP contribution in [0.1, 0.15) is 23.6 Å². The second kappa shape index (κ2) is 9.22. The summed E-state index contributed by atoms with van der Waals surface area (Å²) >= 11 is 6.11. The maximum absolute atomic E-state index is 12.7.